The zero-order valence-corrected chi connectivity index (χ0v) is 13.0. The van der Waals surface area contributed by atoms with Crippen molar-refractivity contribution in [3.05, 3.63) is 59.7 Å². The molecule has 0 aliphatic carbocycles. The maximum atomic E-state index is 6.07. The standard InChI is InChI=1S/C19H23NO/c1-19(2,3)15-10-8-14(9-11-15)12-16-13-20-17-6-4-5-7-18(17)21-16/h4-11,16,20H,12-13H2,1-3H3. The van der Waals surface area contributed by atoms with E-state index in [2.05, 4.69) is 56.4 Å². The van der Waals surface area contributed by atoms with Gasteiger partial charge in [-0.25, -0.2) is 0 Å². The lowest BCUT2D eigenvalue weighted by Gasteiger charge is -2.27. The zero-order chi connectivity index (χ0) is 14.9. The third-order valence-electron chi connectivity index (χ3n) is 3.98. The number of nitrogens with one attached hydrogen (secondary N) is 1. The van der Waals surface area contributed by atoms with Crippen molar-refractivity contribution in [1.29, 1.82) is 0 Å². The van der Waals surface area contributed by atoms with E-state index in [9.17, 15) is 0 Å². The van der Waals surface area contributed by atoms with Gasteiger partial charge >= 0.3 is 0 Å². The third kappa shape index (κ3) is 3.21. The molecule has 1 heterocycles. The van der Waals surface area contributed by atoms with Crippen molar-refractivity contribution in [2.24, 2.45) is 0 Å². The van der Waals surface area contributed by atoms with Crippen LogP contribution < -0.4 is 10.1 Å². The molecule has 1 atom stereocenters. The van der Waals surface area contributed by atoms with E-state index in [1.807, 2.05) is 18.2 Å². The summed E-state index contributed by atoms with van der Waals surface area (Å²) >= 11 is 0. The van der Waals surface area contributed by atoms with Gasteiger partial charge in [-0.1, -0.05) is 57.2 Å². The summed E-state index contributed by atoms with van der Waals surface area (Å²) < 4.78 is 6.07. The maximum Gasteiger partial charge on any atom is 0.142 e. The molecule has 1 aliphatic rings. The second kappa shape index (κ2) is 5.44. The fourth-order valence-electron chi connectivity index (χ4n) is 2.68. The van der Waals surface area contributed by atoms with E-state index in [1.165, 1.54) is 11.1 Å². The lowest BCUT2D eigenvalue weighted by molar-refractivity contribution is 0.206. The molecule has 0 spiro atoms. The molecule has 0 saturated carbocycles. The second-order valence-corrected chi connectivity index (χ2v) is 6.77. The molecule has 0 bridgehead atoms. The number of benzene rings is 2. The summed E-state index contributed by atoms with van der Waals surface area (Å²) in [6.45, 7) is 7.59. The first-order valence-electron chi connectivity index (χ1n) is 7.61. The minimum Gasteiger partial charge on any atom is -0.486 e. The Kier molecular flexibility index (Phi) is 3.62. The Morgan fingerprint density at radius 1 is 1.05 bits per heavy atom. The van der Waals surface area contributed by atoms with Gasteiger partial charge in [0, 0.05) is 6.42 Å². The van der Waals surface area contributed by atoms with Crippen LogP contribution in [0.4, 0.5) is 5.69 Å². The molecular weight excluding hydrogens is 258 g/mol. The van der Waals surface area contributed by atoms with Crippen LogP contribution in [0.5, 0.6) is 5.75 Å². The largest absolute Gasteiger partial charge is 0.486 e. The molecule has 2 nitrogen and oxygen atoms in total. The van der Waals surface area contributed by atoms with E-state index < -0.39 is 0 Å². The molecule has 2 aromatic carbocycles. The molecule has 21 heavy (non-hydrogen) atoms. The van der Waals surface area contributed by atoms with E-state index in [4.69, 9.17) is 4.74 Å². The average Bonchev–Trinajstić information content (AvgIpc) is 2.47. The Morgan fingerprint density at radius 3 is 2.48 bits per heavy atom. The number of ether oxygens (including phenoxy) is 1. The molecule has 1 aliphatic heterocycles. The molecule has 1 N–H and O–H groups in total. The van der Waals surface area contributed by atoms with Crippen molar-refractivity contribution < 1.29 is 4.74 Å². The topological polar surface area (TPSA) is 21.3 Å². The van der Waals surface area contributed by atoms with Crippen molar-refractivity contribution in [2.45, 2.75) is 38.7 Å². The molecule has 3 rings (SSSR count). The third-order valence-corrected chi connectivity index (χ3v) is 3.98. The fourth-order valence-corrected chi connectivity index (χ4v) is 2.68. The van der Waals surface area contributed by atoms with Crippen molar-refractivity contribution in [1.82, 2.24) is 0 Å². The van der Waals surface area contributed by atoms with Crippen LogP contribution in [0.25, 0.3) is 0 Å². The summed E-state index contributed by atoms with van der Waals surface area (Å²) in [6.07, 6.45) is 1.13. The van der Waals surface area contributed by atoms with E-state index in [1.54, 1.807) is 0 Å². The molecule has 0 amide bonds. The number of rotatable bonds is 2. The minimum absolute atomic E-state index is 0.195. The van der Waals surface area contributed by atoms with Gasteiger partial charge in [-0.2, -0.15) is 0 Å². The minimum atomic E-state index is 0.195. The van der Waals surface area contributed by atoms with Crippen molar-refractivity contribution in [3.63, 3.8) is 0 Å². The monoisotopic (exact) mass is 281 g/mol. The molecular formula is C19H23NO. The summed E-state index contributed by atoms with van der Waals surface area (Å²) in [6, 6.07) is 17.1. The average molecular weight is 281 g/mol. The SMILES string of the molecule is CC(C)(C)c1ccc(CC2CNc3ccccc3O2)cc1. The number of fused-ring (bicyclic) bond motifs is 1. The van der Waals surface area contributed by atoms with Crippen LogP contribution in [0.2, 0.25) is 0 Å². The van der Waals surface area contributed by atoms with Crippen LogP contribution in [0, 0.1) is 0 Å². The van der Waals surface area contributed by atoms with Crippen LogP contribution in [0.1, 0.15) is 31.9 Å². The van der Waals surface area contributed by atoms with Crippen LogP contribution >= 0.6 is 0 Å². The lowest BCUT2D eigenvalue weighted by atomic mass is 9.86. The van der Waals surface area contributed by atoms with Gasteiger partial charge in [-0.15, -0.1) is 0 Å². The Bertz CT molecular complexity index is 610. The highest BCUT2D eigenvalue weighted by Crippen LogP contribution is 2.29. The Morgan fingerprint density at radius 2 is 1.76 bits per heavy atom. The second-order valence-electron chi connectivity index (χ2n) is 6.77. The molecule has 0 saturated heterocycles. The normalized spacial score (nSPS) is 17.6. The maximum absolute atomic E-state index is 6.07. The number of para-hydroxylation sites is 2. The lowest BCUT2D eigenvalue weighted by Crippen LogP contribution is -2.32. The van der Waals surface area contributed by atoms with Crippen LogP contribution in [-0.2, 0) is 11.8 Å². The quantitative estimate of drug-likeness (QED) is 0.881. The Labute approximate surface area is 127 Å². The van der Waals surface area contributed by atoms with Crippen molar-refractivity contribution in [3.8, 4) is 5.75 Å². The molecule has 2 aromatic rings. The first kappa shape index (κ1) is 14.0. The molecule has 2 heteroatoms. The highest BCUT2D eigenvalue weighted by molar-refractivity contribution is 5.57. The first-order chi connectivity index (χ1) is 10.0. The number of hydrogen-bond acceptors (Lipinski definition) is 2. The van der Waals surface area contributed by atoms with Gasteiger partial charge in [0.2, 0.25) is 0 Å². The summed E-state index contributed by atoms with van der Waals surface area (Å²) in [5.41, 5.74) is 4.01. The fraction of sp³-hybridized carbons (Fsp3) is 0.368. The van der Waals surface area contributed by atoms with Crippen LogP contribution in [0.15, 0.2) is 48.5 Å². The smallest absolute Gasteiger partial charge is 0.142 e. The van der Waals surface area contributed by atoms with E-state index in [0.29, 0.717) is 0 Å². The van der Waals surface area contributed by atoms with Gasteiger partial charge in [0.15, 0.2) is 0 Å². The van der Waals surface area contributed by atoms with E-state index in [0.717, 1.165) is 24.4 Å². The Hall–Kier alpha value is -1.96. The number of anilines is 1. The van der Waals surface area contributed by atoms with Gasteiger partial charge in [0.25, 0.3) is 0 Å². The highest BCUT2D eigenvalue weighted by Gasteiger charge is 2.19. The van der Waals surface area contributed by atoms with Crippen LogP contribution in [-0.4, -0.2) is 12.6 Å². The molecule has 0 fully saturated rings. The highest BCUT2D eigenvalue weighted by atomic mass is 16.5. The molecule has 1 unspecified atom stereocenters. The van der Waals surface area contributed by atoms with E-state index >= 15 is 0 Å². The summed E-state index contributed by atoms with van der Waals surface area (Å²) in [5, 5.41) is 3.44. The van der Waals surface area contributed by atoms with Gasteiger partial charge < -0.3 is 10.1 Å². The van der Waals surface area contributed by atoms with Crippen molar-refractivity contribution in [2.75, 3.05) is 11.9 Å². The summed E-state index contributed by atoms with van der Waals surface area (Å²) in [4.78, 5) is 0. The Balaban J connectivity index is 1.68. The predicted molar refractivity (Wildman–Crippen MR) is 88.2 cm³/mol. The van der Waals surface area contributed by atoms with Gasteiger partial charge in [-0.3, -0.25) is 0 Å². The molecule has 110 valence electrons. The van der Waals surface area contributed by atoms with Crippen LogP contribution in [0.3, 0.4) is 0 Å². The summed E-state index contributed by atoms with van der Waals surface area (Å²) in [7, 11) is 0. The van der Waals surface area contributed by atoms with Gasteiger partial charge in [-0.05, 0) is 28.7 Å². The van der Waals surface area contributed by atoms with Crippen molar-refractivity contribution >= 4 is 5.69 Å². The van der Waals surface area contributed by atoms with E-state index in [-0.39, 0.29) is 11.5 Å². The van der Waals surface area contributed by atoms with Gasteiger partial charge in [0.1, 0.15) is 11.9 Å². The number of hydrogen-bond donors (Lipinski definition) is 1. The molecule has 0 aromatic heterocycles. The summed E-state index contributed by atoms with van der Waals surface area (Å²) in [5.74, 6) is 0.958. The van der Waals surface area contributed by atoms with Gasteiger partial charge in [0.05, 0.1) is 12.2 Å². The molecule has 0 radical (unpaired) electrons. The first-order valence-corrected chi connectivity index (χ1v) is 7.61. The predicted octanol–water partition coefficient (Wildman–Crippen LogP) is 4.40. The zero-order valence-electron chi connectivity index (χ0n) is 13.0.